The highest BCUT2D eigenvalue weighted by Gasteiger charge is 2.45. The molecule has 4 fully saturated rings. The van der Waals surface area contributed by atoms with Crippen molar-refractivity contribution < 1.29 is 19.1 Å². The third kappa shape index (κ3) is 8.08. The molecule has 0 spiro atoms. The lowest BCUT2D eigenvalue weighted by molar-refractivity contribution is -0.146. The largest absolute Gasteiger partial charge is 0.376 e. The maximum atomic E-state index is 13.9. The molecule has 8 nitrogen and oxygen atoms in total. The Balaban J connectivity index is 1.50. The highest BCUT2D eigenvalue weighted by Crippen LogP contribution is 2.30. The van der Waals surface area contributed by atoms with Crippen molar-refractivity contribution in [2.24, 2.45) is 11.8 Å². The Morgan fingerprint density at radius 1 is 0.973 bits per heavy atom. The summed E-state index contributed by atoms with van der Waals surface area (Å²) in [5.41, 5.74) is 0. The molecule has 2 saturated heterocycles. The lowest BCUT2D eigenvalue weighted by Crippen LogP contribution is -2.67. The lowest BCUT2D eigenvalue weighted by Gasteiger charge is -2.47. The Kier molecular flexibility index (Phi) is 10.5. The summed E-state index contributed by atoms with van der Waals surface area (Å²) in [7, 11) is 0. The van der Waals surface area contributed by atoms with Crippen LogP contribution in [0.1, 0.15) is 104 Å². The van der Waals surface area contributed by atoms with E-state index in [0.717, 1.165) is 64.5 Å². The molecule has 2 aliphatic heterocycles. The van der Waals surface area contributed by atoms with Crippen molar-refractivity contribution in [3.8, 4) is 0 Å². The molecular formula is C29H50N4O4. The zero-order chi connectivity index (χ0) is 26.2. The van der Waals surface area contributed by atoms with Gasteiger partial charge in [0.05, 0.1) is 12.1 Å². The standard InChI is InChI=1S/C29H50N4O4/c1-21(2)16-26-28(35)32(19-22-10-5-3-6-11-22)20-24(17-27(34)30-18-25-14-9-15-37-25)33(26)29(36)31-23-12-7-4-8-13-23/h21-26H,3-20H2,1-2H3,(H,30,34)(H,31,36)/t24-,25?,26-/m1/s1. The number of ether oxygens (including phenoxy) is 1. The smallest absolute Gasteiger partial charge is 0.318 e. The van der Waals surface area contributed by atoms with Gasteiger partial charge in [-0.1, -0.05) is 52.4 Å². The van der Waals surface area contributed by atoms with Crippen molar-refractivity contribution in [1.29, 1.82) is 0 Å². The quantitative estimate of drug-likeness (QED) is 0.478. The number of carbonyl (C=O) groups excluding carboxylic acids is 3. The van der Waals surface area contributed by atoms with Crippen LogP contribution in [-0.4, -0.2) is 78.1 Å². The van der Waals surface area contributed by atoms with Crippen molar-refractivity contribution >= 4 is 17.8 Å². The van der Waals surface area contributed by atoms with Gasteiger partial charge in [0.2, 0.25) is 11.8 Å². The fourth-order valence-electron chi connectivity index (χ4n) is 6.81. The molecule has 8 heteroatoms. The summed E-state index contributed by atoms with van der Waals surface area (Å²) < 4.78 is 5.67. The molecule has 2 aliphatic carbocycles. The summed E-state index contributed by atoms with van der Waals surface area (Å²) in [6.45, 7) is 6.67. The van der Waals surface area contributed by atoms with Gasteiger partial charge in [-0.05, 0) is 56.8 Å². The van der Waals surface area contributed by atoms with E-state index in [4.69, 9.17) is 4.74 Å². The Labute approximate surface area is 223 Å². The van der Waals surface area contributed by atoms with Crippen molar-refractivity contribution in [2.75, 3.05) is 26.2 Å². The van der Waals surface area contributed by atoms with Gasteiger partial charge in [-0.15, -0.1) is 0 Å². The number of urea groups is 1. The number of hydrogen-bond donors (Lipinski definition) is 2. The van der Waals surface area contributed by atoms with Crippen LogP contribution in [0.4, 0.5) is 4.79 Å². The minimum Gasteiger partial charge on any atom is -0.376 e. The highest BCUT2D eigenvalue weighted by atomic mass is 16.5. The second-order valence-corrected chi connectivity index (χ2v) is 12.4. The van der Waals surface area contributed by atoms with Gasteiger partial charge in [0.15, 0.2) is 0 Å². The molecule has 0 radical (unpaired) electrons. The van der Waals surface area contributed by atoms with Gasteiger partial charge in [0.1, 0.15) is 6.04 Å². The Morgan fingerprint density at radius 2 is 1.68 bits per heavy atom. The summed E-state index contributed by atoms with van der Waals surface area (Å²) >= 11 is 0. The number of amides is 4. The molecule has 2 heterocycles. The van der Waals surface area contributed by atoms with Crippen LogP contribution in [-0.2, 0) is 14.3 Å². The predicted molar refractivity (Wildman–Crippen MR) is 144 cm³/mol. The molecule has 3 atom stereocenters. The molecule has 2 N–H and O–H groups in total. The van der Waals surface area contributed by atoms with E-state index in [0.29, 0.717) is 25.4 Å². The van der Waals surface area contributed by atoms with Crippen LogP contribution < -0.4 is 10.6 Å². The van der Waals surface area contributed by atoms with Crippen LogP contribution in [0, 0.1) is 11.8 Å². The van der Waals surface area contributed by atoms with Crippen LogP contribution in [0.25, 0.3) is 0 Å². The van der Waals surface area contributed by atoms with Gasteiger partial charge in [-0.3, -0.25) is 9.59 Å². The third-order valence-electron chi connectivity index (χ3n) is 8.79. The molecule has 0 aromatic carbocycles. The molecule has 210 valence electrons. The van der Waals surface area contributed by atoms with Gasteiger partial charge in [0.25, 0.3) is 0 Å². The molecule has 4 aliphatic rings. The van der Waals surface area contributed by atoms with E-state index in [1.165, 1.54) is 25.7 Å². The number of nitrogens with one attached hydrogen (secondary N) is 2. The predicted octanol–water partition coefficient (Wildman–Crippen LogP) is 4.22. The zero-order valence-corrected chi connectivity index (χ0v) is 23.2. The minimum absolute atomic E-state index is 0.0637. The highest BCUT2D eigenvalue weighted by molar-refractivity contribution is 5.89. The monoisotopic (exact) mass is 518 g/mol. The normalized spacial score (nSPS) is 28.1. The summed E-state index contributed by atoms with van der Waals surface area (Å²) in [6, 6.07) is -0.847. The van der Waals surface area contributed by atoms with Crippen LogP contribution in [0.2, 0.25) is 0 Å². The first kappa shape index (κ1) is 28.2. The van der Waals surface area contributed by atoms with Crippen LogP contribution in [0.3, 0.4) is 0 Å². The first-order valence-corrected chi connectivity index (χ1v) is 15.2. The summed E-state index contributed by atoms with van der Waals surface area (Å²) in [6.07, 6.45) is 14.4. The van der Waals surface area contributed by atoms with Gasteiger partial charge in [-0.2, -0.15) is 0 Å². The Morgan fingerprint density at radius 3 is 2.32 bits per heavy atom. The Bertz CT molecular complexity index is 757. The molecule has 37 heavy (non-hydrogen) atoms. The second-order valence-electron chi connectivity index (χ2n) is 12.4. The van der Waals surface area contributed by atoms with Crippen LogP contribution >= 0.6 is 0 Å². The summed E-state index contributed by atoms with van der Waals surface area (Å²) in [4.78, 5) is 44.5. The first-order chi connectivity index (χ1) is 17.9. The topological polar surface area (TPSA) is 91.0 Å². The molecule has 4 rings (SSSR count). The van der Waals surface area contributed by atoms with Crippen LogP contribution in [0.15, 0.2) is 0 Å². The number of rotatable bonds is 9. The molecule has 1 unspecified atom stereocenters. The molecule has 0 aromatic rings. The number of carbonyl (C=O) groups is 3. The van der Waals surface area contributed by atoms with E-state index in [-0.39, 0.29) is 48.4 Å². The molecule has 4 amide bonds. The third-order valence-corrected chi connectivity index (χ3v) is 8.79. The maximum Gasteiger partial charge on any atom is 0.318 e. The minimum atomic E-state index is -0.517. The van der Waals surface area contributed by atoms with Gasteiger partial charge >= 0.3 is 6.03 Å². The average Bonchev–Trinajstić information content (AvgIpc) is 3.40. The maximum absolute atomic E-state index is 13.9. The fourth-order valence-corrected chi connectivity index (χ4v) is 6.81. The second kappa shape index (κ2) is 13.8. The van der Waals surface area contributed by atoms with Crippen LogP contribution in [0.5, 0.6) is 0 Å². The van der Waals surface area contributed by atoms with Gasteiger partial charge < -0.3 is 25.2 Å². The zero-order valence-electron chi connectivity index (χ0n) is 23.2. The first-order valence-electron chi connectivity index (χ1n) is 15.2. The number of piperazine rings is 1. The van der Waals surface area contributed by atoms with Crippen molar-refractivity contribution in [2.45, 2.75) is 128 Å². The summed E-state index contributed by atoms with van der Waals surface area (Å²) in [5, 5.41) is 6.30. The van der Waals surface area contributed by atoms with Gasteiger partial charge in [0, 0.05) is 38.7 Å². The number of hydrogen-bond acceptors (Lipinski definition) is 4. The summed E-state index contributed by atoms with van der Waals surface area (Å²) in [5.74, 6) is 0.789. The van der Waals surface area contributed by atoms with E-state index >= 15 is 0 Å². The van der Waals surface area contributed by atoms with Crippen molar-refractivity contribution in [3.63, 3.8) is 0 Å². The Hall–Kier alpha value is -1.83. The van der Waals surface area contributed by atoms with Crippen molar-refractivity contribution in [3.05, 3.63) is 0 Å². The SMILES string of the molecule is CC(C)C[C@@H]1C(=O)N(CC2CCCCC2)C[C@@H](CC(=O)NCC2CCCO2)N1C(=O)NC1CCCCC1. The lowest BCUT2D eigenvalue weighted by atomic mass is 9.87. The van der Waals surface area contributed by atoms with E-state index in [1.807, 2.05) is 4.90 Å². The van der Waals surface area contributed by atoms with E-state index in [2.05, 4.69) is 24.5 Å². The molecular weight excluding hydrogens is 468 g/mol. The van der Waals surface area contributed by atoms with E-state index < -0.39 is 6.04 Å². The van der Waals surface area contributed by atoms with E-state index in [9.17, 15) is 14.4 Å². The molecule has 0 aromatic heterocycles. The fraction of sp³-hybridized carbons (Fsp3) is 0.897. The van der Waals surface area contributed by atoms with E-state index in [1.54, 1.807) is 4.90 Å². The average molecular weight is 519 g/mol. The van der Waals surface area contributed by atoms with Crippen molar-refractivity contribution in [1.82, 2.24) is 20.4 Å². The molecule has 0 bridgehead atoms. The number of nitrogens with zero attached hydrogens (tertiary/aromatic N) is 2. The molecule has 2 saturated carbocycles. The van der Waals surface area contributed by atoms with Gasteiger partial charge in [-0.25, -0.2) is 4.79 Å².